The maximum atomic E-state index is 12.8. The molecule has 22 heavy (non-hydrogen) atoms. The number of amides is 1. The molecule has 2 atom stereocenters. The Balaban J connectivity index is 1.89. The highest BCUT2D eigenvalue weighted by atomic mass is 16.5. The largest absolute Gasteiger partial charge is 0.374 e. The van der Waals surface area contributed by atoms with Gasteiger partial charge in [0.15, 0.2) is 0 Å². The lowest BCUT2D eigenvalue weighted by Gasteiger charge is -2.37. The summed E-state index contributed by atoms with van der Waals surface area (Å²) in [5.41, 5.74) is 5.30. The first kappa shape index (κ1) is 13.5. The van der Waals surface area contributed by atoms with Crippen molar-refractivity contribution in [1.29, 1.82) is 0 Å². The van der Waals surface area contributed by atoms with Crippen LogP contribution >= 0.6 is 0 Å². The zero-order valence-electron chi connectivity index (χ0n) is 12.9. The van der Waals surface area contributed by atoms with E-state index in [1.807, 2.05) is 30.0 Å². The Hall–Kier alpha value is -2.13. The molecule has 2 heterocycles. The summed E-state index contributed by atoms with van der Waals surface area (Å²) in [6, 6.07) is 14.3. The van der Waals surface area contributed by atoms with Gasteiger partial charge in [-0.1, -0.05) is 35.9 Å². The number of anilines is 1. The molecule has 2 aromatic rings. The quantitative estimate of drug-likeness (QED) is 0.831. The minimum Gasteiger partial charge on any atom is -0.374 e. The van der Waals surface area contributed by atoms with E-state index in [4.69, 9.17) is 4.74 Å². The summed E-state index contributed by atoms with van der Waals surface area (Å²) in [6.45, 7) is 4.78. The van der Waals surface area contributed by atoms with E-state index in [0.717, 1.165) is 28.8 Å². The van der Waals surface area contributed by atoms with E-state index in [-0.39, 0.29) is 18.1 Å². The summed E-state index contributed by atoms with van der Waals surface area (Å²) in [5.74, 6) is 0.112. The van der Waals surface area contributed by atoms with Crippen molar-refractivity contribution in [2.24, 2.45) is 0 Å². The van der Waals surface area contributed by atoms with Gasteiger partial charge in [0.1, 0.15) is 0 Å². The minimum atomic E-state index is 0.0557. The Labute approximate surface area is 130 Å². The predicted octanol–water partition coefficient (Wildman–Crippen LogP) is 4.18. The highest BCUT2D eigenvalue weighted by molar-refractivity contribution is 6.11. The third-order valence-electron chi connectivity index (χ3n) is 4.68. The summed E-state index contributed by atoms with van der Waals surface area (Å²) >= 11 is 0. The Morgan fingerprint density at radius 1 is 1.18 bits per heavy atom. The van der Waals surface area contributed by atoms with Gasteiger partial charge in [0, 0.05) is 24.2 Å². The second kappa shape index (κ2) is 4.96. The van der Waals surface area contributed by atoms with Crippen LogP contribution in [0.4, 0.5) is 5.69 Å². The smallest absolute Gasteiger partial charge is 0.259 e. The molecule has 2 aliphatic heterocycles. The number of nitrogens with zero attached hydrogens (tertiary/aromatic N) is 1. The highest BCUT2D eigenvalue weighted by Crippen LogP contribution is 2.49. The van der Waals surface area contributed by atoms with E-state index in [0.29, 0.717) is 6.61 Å². The number of ether oxygens (including phenoxy) is 1. The van der Waals surface area contributed by atoms with Crippen LogP contribution in [0.2, 0.25) is 0 Å². The first-order chi connectivity index (χ1) is 10.7. The normalized spacial score (nSPS) is 22.3. The van der Waals surface area contributed by atoms with E-state index >= 15 is 0 Å². The monoisotopic (exact) mass is 293 g/mol. The van der Waals surface area contributed by atoms with Gasteiger partial charge in [0.05, 0.1) is 17.8 Å². The molecule has 2 aliphatic rings. The van der Waals surface area contributed by atoms with Crippen molar-refractivity contribution in [3.63, 3.8) is 0 Å². The van der Waals surface area contributed by atoms with Crippen LogP contribution in [0.3, 0.4) is 0 Å². The molecule has 4 rings (SSSR count). The fraction of sp³-hybridized carbons (Fsp3) is 0.316. The van der Waals surface area contributed by atoms with Crippen molar-refractivity contribution in [3.8, 4) is 0 Å². The Kier molecular flexibility index (Phi) is 3.05. The zero-order valence-corrected chi connectivity index (χ0v) is 12.9. The second-order valence-corrected chi connectivity index (χ2v) is 6.02. The standard InChI is InChI=1S/C19H19NO2/c1-3-22-18-11-17-13-6-4-5-7-14(13)19(21)20(17)16-9-8-12(2)10-15(16)18/h4-10,17-18H,3,11H2,1-2H3/t17-,18-/m0/s1. The first-order valence-electron chi connectivity index (χ1n) is 7.85. The third kappa shape index (κ3) is 1.82. The summed E-state index contributed by atoms with van der Waals surface area (Å²) in [7, 11) is 0. The average Bonchev–Trinajstić information content (AvgIpc) is 2.81. The number of fused-ring (bicyclic) bond motifs is 5. The number of carbonyl (C=O) groups is 1. The number of benzene rings is 2. The molecule has 0 N–H and O–H groups in total. The van der Waals surface area contributed by atoms with Gasteiger partial charge < -0.3 is 9.64 Å². The molecule has 0 spiro atoms. The van der Waals surface area contributed by atoms with E-state index in [2.05, 4.69) is 31.2 Å². The molecule has 3 heteroatoms. The van der Waals surface area contributed by atoms with Crippen LogP contribution < -0.4 is 4.90 Å². The van der Waals surface area contributed by atoms with Gasteiger partial charge in [-0.15, -0.1) is 0 Å². The Bertz CT molecular complexity index is 753. The molecule has 1 amide bonds. The second-order valence-electron chi connectivity index (χ2n) is 6.02. The van der Waals surface area contributed by atoms with Gasteiger partial charge >= 0.3 is 0 Å². The van der Waals surface area contributed by atoms with Crippen LogP contribution in [0.5, 0.6) is 0 Å². The molecule has 0 aliphatic carbocycles. The van der Waals surface area contributed by atoms with Crippen LogP contribution in [0.1, 0.15) is 52.5 Å². The van der Waals surface area contributed by atoms with Crippen molar-refractivity contribution in [3.05, 3.63) is 64.7 Å². The van der Waals surface area contributed by atoms with E-state index in [1.165, 1.54) is 5.56 Å². The first-order valence-corrected chi connectivity index (χ1v) is 7.85. The molecule has 0 fully saturated rings. The average molecular weight is 293 g/mol. The highest BCUT2D eigenvalue weighted by Gasteiger charge is 2.43. The number of rotatable bonds is 2. The van der Waals surface area contributed by atoms with Gasteiger partial charge in [-0.25, -0.2) is 0 Å². The molecule has 0 unspecified atom stereocenters. The van der Waals surface area contributed by atoms with E-state index in [9.17, 15) is 4.79 Å². The SMILES string of the molecule is CCO[C@H]1C[C@H]2c3ccccc3C(=O)N2c2ccc(C)cc21. The number of hydrogen-bond donors (Lipinski definition) is 0. The Morgan fingerprint density at radius 2 is 2.00 bits per heavy atom. The lowest BCUT2D eigenvalue weighted by Crippen LogP contribution is -2.34. The molecule has 3 nitrogen and oxygen atoms in total. The number of aryl methyl sites for hydroxylation is 1. The maximum Gasteiger partial charge on any atom is 0.259 e. The minimum absolute atomic E-state index is 0.0557. The molecule has 0 saturated heterocycles. The molecule has 0 bridgehead atoms. The third-order valence-corrected chi connectivity index (χ3v) is 4.68. The van der Waals surface area contributed by atoms with Crippen molar-refractivity contribution in [2.45, 2.75) is 32.4 Å². The van der Waals surface area contributed by atoms with Gasteiger partial charge in [0.2, 0.25) is 0 Å². The molecule has 0 radical (unpaired) electrons. The molecular formula is C19H19NO2. The van der Waals surface area contributed by atoms with Gasteiger partial charge in [-0.3, -0.25) is 4.79 Å². The molecule has 2 aromatic carbocycles. The topological polar surface area (TPSA) is 29.5 Å². The van der Waals surface area contributed by atoms with Gasteiger partial charge in [0.25, 0.3) is 5.91 Å². The fourth-order valence-electron chi connectivity index (χ4n) is 3.74. The van der Waals surface area contributed by atoms with Crippen LogP contribution in [0.25, 0.3) is 0 Å². The van der Waals surface area contributed by atoms with Crippen molar-refractivity contribution in [2.75, 3.05) is 11.5 Å². The molecule has 112 valence electrons. The lowest BCUT2D eigenvalue weighted by atomic mass is 9.90. The Morgan fingerprint density at radius 3 is 2.82 bits per heavy atom. The van der Waals surface area contributed by atoms with Gasteiger partial charge in [-0.05, 0) is 31.5 Å². The summed E-state index contributed by atoms with van der Waals surface area (Å²) in [5, 5.41) is 0. The number of hydrogen-bond acceptors (Lipinski definition) is 2. The van der Waals surface area contributed by atoms with E-state index < -0.39 is 0 Å². The summed E-state index contributed by atoms with van der Waals surface area (Å²) in [4.78, 5) is 14.8. The maximum absolute atomic E-state index is 12.8. The van der Waals surface area contributed by atoms with Crippen LogP contribution in [0.15, 0.2) is 42.5 Å². The number of carbonyl (C=O) groups excluding carboxylic acids is 1. The molecule has 0 aromatic heterocycles. The summed E-state index contributed by atoms with van der Waals surface area (Å²) < 4.78 is 5.98. The zero-order chi connectivity index (χ0) is 15.3. The van der Waals surface area contributed by atoms with Gasteiger partial charge in [-0.2, -0.15) is 0 Å². The lowest BCUT2D eigenvalue weighted by molar-refractivity contribution is 0.0467. The van der Waals surface area contributed by atoms with Crippen molar-refractivity contribution < 1.29 is 9.53 Å². The fourth-order valence-corrected chi connectivity index (χ4v) is 3.74. The summed E-state index contributed by atoms with van der Waals surface area (Å²) in [6.07, 6.45) is 0.882. The van der Waals surface area contributed by atoms with Crippen LogP contribution in [-0.2, 0) is 4.74 Å². The van der Waals surface area contributed by atoms with Crippen molar-refractivity contribution in [1.82, 2.24) is 0 Å². The predicted molar refractivity (Wildman–Crippen MR) is 86.2 cm³/mol. The molecular weight excluding hydrogens is 274 g/mol. The van der Waals surface area contributed by atoms with Crippen LogP contribution in [0, 0.1) is 6.92 Å². The van der Waals surface area contributed by atoms with E-state index in [1.54, 1.807) is 0 Å². The van der Waals surface area contributed by atoms with Crippen LogP contribution in [-0.4, -0.2) is 12.5 Å². The van der Waals surface area contributed by atoms with Crippen molar-refractivity contribution >= 4 is 11.6 Å². The molecule has 0 saturated carbocycles.